The van der Waals surface area contributed by atoms with Crippen molar-refractivity contribution in [1.82, 2.24) is 16.2 Å². The summed E-state index contributed by atoms with van der Waals surface area (Å²) in [7, 11) is 0. The molecule has 0 spiro atoms. The van der Waals surface area contributed by atoms with Crippen molar-refractivity contribution in [2.45, 2.75) is 6.05 Å². The fraction of sp³-hybridized carbons (Fsp3) is 0.333. The van der Waals surface area contributed by atoms with Crippen LogP contribution in [0.3, 0.4) is 0 Å². The Morgan fingerprint density at radius 2 is 2.11 bits per heavy atom. The highest BCUT2D eigenvalue weighted by Crippen LogP contribution is 2.12. The van der Waals surface area contributed by atoms with Gasteiger partial charge < -0.3 is 0 Å². The van der Waals surface area contributed by atoms with Gasteiger partial charge in [-0.3, -0.25) is 5.43 Å². The fourth-order valence-electron chi connectivity index (χ4n) is 0.408. The van der Waals surface area contributed by atoms with E-state index in [1.807, 2.05) is 5.43 Å². The van der Waals surface area contributed by atoms with Crippen LogP contribution in [0.4, 0.5) is 13.3 Å². The number of alkyl halides is 2. The molecule has 0 saturated carbocycles. The lowest BCUT2D eigenvalue weighted by atomic mass is 10.5. The van der Waals surface area contributed by atoms with Crippen LogP contribution in [-0.4, -0.2) is 11.4 Å². The molecule has 2 N–H and O–H groups in total. The van der Waals surface area contributed by atoms with Crippen molar-refractivity contribution in [2.24, 2.45) is 0 Å². The second-order valence-electron chi connectivity index (χ2n) is 1.48. The van der Waals surface area contributed by atoms with E-state index in [9.17, 15) is 13.3 Å². The van der Waals surface area contributed by atoms with Crippen LogP contribution in [0.15, 0.2) is 12.3 Å². The number of nitrogens with one attached hydrogen (secondary N) is 2. The van der Waals surface area contributed by atoms with Gasteiger partial charge in [-0.2, -0.15) is 8.78 Å². The Balaban J connectivity index is 2.60. The predicted octanol–water partition coefficient (Wildman–Crippen LogP) is 0.302. The van der Waals surface area contributed by atoms with Crippen molar-refractivity contribution in [3.05, 3.63) is 12.3 Å². The van der Waals surface area contributed by atoms with Gasteiger partial charge in [0.25, 0.3) is 0 Å². The molecular weight excluding hydrogens is 135 g/mol. The van der Waals surface area contributed by atoms with E-state index in [1.165, 1.54) is 5.43 Å². The molecule has 0 bridgehead atoms. The third kappa shape index (κ3) is 1.58. The summed E-state index contributed by atoms with van der Waals surface area (Å²) in [5, 5.41) is -0.417. The summed E-state index contributed by atoms with van der Waals surface area (Å²) >= 11 is 0. The molecule has 0 aromatic rings. The molecule has 1 aliphatic heterocycles. The lowest BCUT2D eigenvalue weighted by Crippen LogP contribution is -2.52. The van der Waals surface area contributed by atoms with Crippen LogP contribution in [-0.2, 0) is 0 Å². The molecule has 1 heterocycles. The normalized spacial score (nSPS) is 25.7. The monoisotopic (exact) mass is 139 g/mol. The van der Waals surface area contributed by atoms with Crippen molar-refractivity contribution in [2.75, 3.05) is 0 Å². The van der Waals surface area contributed by atoms with E-state index in [0.29, 0.717) is 6.08 Å². The van der Waals surface area contributed by atoms with Gasteiger partial charge in [0.05, 0.1) is 0 Å². The third-order valence-electron chi connectivity index (χ3n) is 0.728. The second-order valence-corrected chi connectivity index (χ2v) is 1.48. The number of halogens is 3. The van der Waals surface area contributed by atoms with Gasteiger partial charge in [0.15, 0.2) is 0 Å². The molecule has 3 nitrogen and oxygen atoms in total. The number of hydrogen-bond donors (Lipinski definition) is 2. The topological polar surface area (TPSA) is 27.3 Å². The van der Waals surface area contributed by atoms with Crippen molar-refractivity contribution in [1.29, 1.82) is 0 Å². The Morgan fingerprint density at radius 1 is 1.44 bits per heavy atom. The van der Waals surface area contributed by atoms with Crippen LogP contribution in [0.5, 0.6) is 0 Å². The summed E-state index contributed by atoms with van der Waals surface area (Å²) in [6.45, 7) is 0. The highest BCUT2D eigenvalue weighted by atomic mass is 19.3. The number of hydrazine groups is 2. The number of nitrogens with zero attached hydrogens (tertiary/aromatic N) is 1. The van der Waals surface area contributed by atoms with E-state index in [-0.39, 0.29) is 0 Å². The molecule has 1 rings (SSSR count). The summed E-state index contributed by atoms with van der Waals surface area (Å²) in [5.41, 5.74) is 3.02. The molecule has 9 heavy (non-hydrogen) atoms. The first-order valence-electron chi connectivity index (χ1n) is 2.15. The maximum absolute atomic E-state index is 11.9. The summed E-state index contributed by atoms with van der Waals surface area (Å²) in [5.74, 6) is 0. The lowest BCUT2D eigenvalue weighted by molar-refractivity contribution is -0.172. The average Bonchev–Trinajstić information content (AvgIpc) is 1.60. The molecular formula is C3H4F3N3. The fourth-order valence-corrected chi connectivity index (χ4v) is 0.408. The van der Waals surface area contributed by atoms with Gasteiger partial charge in [-0.1, -0.05) is 4.48 Å². The molecule has 0 unspecified atom stereocenters. The molecule has 0 aromatic carbocycles. The number of rotatable bonds is 0. The molecule has 52 valence electrons. The summed E-state index contributed by atoms with van der Waals surface area (Å²) in [6.07, 6.45) is 1.31. The van der Waals surface area contributed by atoms with E-state index in [4.69, 9.17) is 0 Å². The van der Waals surface area contributed by atoms with Gasteiger partial charge in [-0.25, -0.2) is 0 Å². The molecule has 6 heteroatoms. The highest BCUT2D eigenvalue weighted by molar-refractivity contribution is 4.92. The quantitative estimate of drug-likeness (QED) is 0.373. The Hall–Kier alpha value is -0.750. The maximum Gasteiger partial charge on any atom is 0.339 e. The second kappa shape index (κ2) is 1.89. The van der Waals surface area contributed by atoms with Crippen LogP contribution in [0.2, 0.25) is 0 Å². The van der Waals surface area contributed by atoms with Crippen LogP contribution in [0.1, 0.15) is 0 Å². The van der Waals surface area contributed by atoms with Crippen molar-refractivity contribution >= 4 is 0 Å². The third-order valence-corrected chi connectivity index (χ3v) is 0.728. The van der Waals surface area contributed by atoms with E-state index < -0.39 is 11.4 Å². The first kappa shape index (κ1) is 6.37. The smallest absolute Gasteiger partial charge is 0.285 e. The summed E-state index contributed by atoms with van der Waals surface area (Å²) < 4.78 is 35.6. The molecule has 1 aliphatic rings. The molecule has 0 radical (unpaired) electrons. The Morgan fingerprint density at radius 3 is 2.44 bits per heavy atom. The maximum atomic E-state index is 11.9. The molecule has 0 saturated heterocycles. The van der Waals surface area contributed by atoms with Gasteiger partial charge in [-0.05, 0) is 0 Å². The van der Waals surface area contributed by atoms with Crippen LogP contribution < -0.4 is 10.9 Å². The van der Waals surface area contributed by atoms with Crippen LogP contribution >= 0.6 is 0 Å². The first-order chi connectivity index (χ1) is 4.10. The van der Waals surface area contributed by atoms with Crippen molar-refractivity contribution in [3.63, 3.8) is 0 Å². The predicted molar refractivity (Wildman–Crippen MR) is 23.3 cm³/mol. The Kier molecular flexibility index (Phi) is 1.34. The van der Waals surface area contributed by atoms with Gasteiger partial charge >= 0.3 is 6.05 Å². The minimum atomic E-state index is -3.29. The standard InChI is InChI=1S/C3H4F3N3/c4-3(5)1-2-7-9(6)8-3/h1-2,7-8H. The van der Waals surface area contributed by atoms with Crippen LogP contribution in [0.25, 0.3) is 0 Å². The van der Waals surface area contributed by atoms with Gasteiger partial charge in [-0.15, -0.1) is 5.43 Å². The average molecular weight is 139 g/mol. The summed E-state index contributed by atoms with van der Waals surface area (Å²) in [6, 6.07) is -3.29. The first-order valence-corrected chi connectivity index (χ1v) is 2.15. The number of hydrogen-bond acceptors (Lipinski definition) is 3. The lowest BCUT2D eigenvalue weighted by Gasteiger charge is -2.22. The minimum Gasteiger partial charge on any atom is -0.285 e. The van der Waals surface area contributed by atoms with Gasteiger partial charge in [0, 0.05) is 17.6 Å². The van der Waals surface area contributed by atoms with E-state index in [0.717, 1.165) is 6.20 Å². The molecule has 0 atom stereocenters. The molecule has 0 aromatic heterocycles. The van der Waals surface area contributed by atoms with E-state index >= 15 is 0 Å². The van der Waals surface area contributed by atoms with Gasteiger partial charge in [0.1, 0.15) is 0 Å². The largest absolute Gasteiger partial charge is 0.339 e. The Labute approximate surface area is 49.0 Å². The summed E-state index contributed by atoms with van der Waals surface area (Å²) in [4.78, 5) is 0. The van der Waals surface area contributed by atoms with E-state index in [1.54, 1.807) is 0 Å². The highest BCUT2D eigenvalue weighted by Gasteiger charge is 2.30. The molecule has 0 amide bonds. The van der Waals surface area contributed by atoms with E-state index in [2.05, 4.69) is 0 Å². The zero-order chi connectivity index (χ0) is 6.91. The SMILES string of the molecule is FN1NC=CC(F)(F)N1. The zero-order valence-electron chi connectivity index (χ0n) is 4.24. The molecule has 0 aliphatic carbocycles. The Bertz CT molecular complexity index is 134. The minimum absolute atomic E-state index is 0.417. The molecule has 0 fully saturated rings. The van der Waals surface area contributed by atoms with Crippen molar-refractivity contribution in [3.8, 4) is 0 Å². The van der Waals surface area contributed by atoms with Crippen LogP contribution in [0, 0.1) is 0 Å². The van der Waals surface area contributed by atoms with Gasteiger partial charge in [0.2, 0.25) is 0 Å². The zero-order valence-corrected chi connectivity index (χ0v) is 4.24. The van der Waals surface area contributed by atoms with Crippen molar-refractivity contribution < 1.29 is 13.3 Å².